The summed E-state index contributed by atoms with van der Waals surface area (Å²) in [6.45, 7) is 7.56. The molecule has 146 valence electrons. The highest BCUT2D eigenvalue weighted by molar-refractivity contribution is 8.77. The normalized spacial score (nSPS) is 13.1. The molecule has 0 aromatic rings. The van der Waals surface area contributed by atoms with Crippen LogP contribution < -0.4 is 5.32 Å². The molecule has 0 aromatic carbocycles. The molecule has 1 amide bonds. The summed E-state index contributed by atoms with van der Waals surface area (Å²) in [5.41, 5.74) is 0. The summed E-state index contributed by atoms with van der Waals surface area (Å²) in [4.78, 5) is 22.8. The van der Waals surface area contributed by atoms with E-state index in [2.05, 4.69) is 18.8 Å². The molecule has 1 unspecified atom stereocenters. The second-order valence-corrected chi connectivity index (χ2v) is 8.85. The summed E-state index contributed by atoms with van der Waals surface area (Å²) in [7, 11) is 4.64. The van der Waals surface area contributed by atoms with Gasteiger partial charge in [-0.2, -0.15) is 0 Å². The number of hydrogen-bond donors (Lipinski definition) is 1. The molecule has 0 radical (unpaired) electrons. The van der Waals surface area contributed by atoms with Crippen LogP contribution in [0.25, 0.3) is 0 Å². The molecular weight excluding hydrogens is 354 g/mol. The second-order valence-electron chi connectivity index (χ2n) is 6.19. The molecule has 6 heteroatoms. The summed E-state index contributed by atoms with van der Waals surface area (Å²) in [5, 5.41) is 3.01. The third kappa shape index (κ3) is 14.3. The number of methoxy groups -OCH3 is 1. The number of carbonyl (C=O) groups is 2. The predicted octanol–water partition coefficient (Wildman–Crippen LogP) is 5.13. The zero-order valence-electron chi connectivity index (χ0n) is 16.1. The summed E-state index contributed by atoms with van der Waals surface area (Å²) >= 11 is 0. The molecule has 0 fully saturated rings. The van der Waals surface area contributed by atoms with Gasteiger partial charge in [0.05, 0.1) is 7.11 Å². The van der Waals surface area contributed by atoms with Crippen LogP contribution in [0.1, 0.15) is 71.6 Å². The quantitative estimate of drug-likeness (QED) is 0.172. The minimum Gasteiger partial charge on any atom is -0.467 e. The minimum absolute atomic E-state index is 0.222. The van der Waals surface area contributed by atoms with Crippen LogP contribution in [-0.2, 0) is 14.3 Å². The SMILES string of the molecule is C=CC(CCCCCCCCCC)SSC[C@H](NC(C)=O)C(=O)OC. The zero-order chi connectivity index (χ0) is 18.9. The molecule has 0 saturated heterocycles. The number of ether oxygens (including phenoxy) is 1. The van der Waals surface area contributed by atoms with Gasteiger partial charge in [0.15, 0.2) is 0 Å². The summed E-state index contributed by atoms with van der Waals surface area (Å²) < 4.78 is 4.73. The Hall–Kier alpha value is -0.620. The van der Waals surface area contributed by atoms with Crippen LogP contribution in [0, 0.1) is 0 Å². The summed E-state index contributed by atoms with van der Waals surface area (Å²) in [6.07, 6.45) is 13.6. The van der Waals surface area contributed by atoms with Gasteiger partial charge < -0.3 is 10.1 Å². The molecule has 25 heavy (non-hydrogen) atoms. The van der Waals surface area contributed by atoms with Crippen molar-refractivity contribution in [3.63, 3.8) is 0 Å². The van der Waals surface area contributed by atoms with Gasteiger partial charge in [0, 0.05) is 17.9 Å². The van der Waals surface area contributed by atoms with Gasteiger partial charge >= 0.3 is 5.97 Å². The molecule has 0 rings (SSSR count). The van der Waals surface area contributed by atoms with E-state index >= 15 is 0 Å². The van der Waals surface area contributed by atoms with Crippen molar-refractivity contribution in [2.75, 3.05) is 12.9 Å². The molecular formula is C19H35NO3S2. The first-order chi connectivity index (χ1) is 12.0. The molecule has 2 atom stereocenters. The maximum atomic E-state index is 11.7. The van der Waals surface area contributed by atoms with Crippen molar-refractivity contribution in [2.45, 2.75) is 82.9 Å². The van der Waals surface area contributed by atoms with Crippen LogP contribution in [0.3, 0.4) is 0 Å². The van der Waals surface area contributed by atoms with Crippen LogP contribution in [0.5, 0.6) is 0 Å². The Morgan fingerprint density at radius 1 is 1.12 bits per heavy atom. The third-order valence-electron chi connectivity index (χ3n) is 3.89. The van der Waals surface area contributed by atoms with E-state index in [9.17, 15) is 9.59 Å². The van der Waals surface area contributed by atoms with Crippen molar-refractivity contribution in [3.8, 4) is 0 Å². The van der Waals surface area contributed by atoms with Gasteiger partial charge in [-0.05, 0) is 6.42 Å². The second kappa shape index (κ2) is 16.8. The van der Waals surface area contributed by atoms with Crippen LogP contribution in [-0.4, -0.2) is 36.0 Å². The molecule has 1 N–H and O–H groups in total. The lowest BCUT2D eigenvalue weighted by Gasteiger charge is -2.16. The third-order valence-corrected chi connectivity index (χ3v) is 6.73. The summed E-state index contributed by atoms with van der Waals surface area (Å²) in [6, 6.07) is -0.589. The molecule has 0 aliphatic heterocycles. The van der Waals surface area contributed by atoms with E-state index in [1.165, 1.54) is 65.4 Å². The van der Waals surface area contributed by atoms with E-state index in [1.807, 2.05) is 6.08 Å². The fraction of sp³-hybridized carbons (Fsp3) is 0.789. The van der Waals surface area contributed by atoms with E-state index in [0.29, 0.717) is 11.0 Å². The number of carbonyl (C=O) groups excluding carboxylic acids is 2. The van der Waals surface area contributed by atoms with Crippen molar-refractivity contribution < 1.29 is 14.3 Å². The Morgan fingerprint density at radius 3 is 2.24 bits per heavy atom. The molecule has 0 aliphatic carbocycles. The molecule has 0 heterocycles. The zero-order valence-corrected chi connectivity index (χ0v) is 17.7. The molecule has 0 saturated carbocycles. The first-order valence-corrected chi connectivity index (χ1v) is 11.7. The maximum absolute atomic E-state index is 11.7. The average Bonchev–Trinajstić information content (AvgIpc) is 2.60. The van der Waals surface area contributed by atoms with Gasteiger partial charge in [0.2, 0.25) is 5.91 Å². The monoisotopic (exact) mass is 389 g/mol. The number of nitrogens with one attached hydrogen (secondary N) is 1. The van der Waals surface area contributed by atoms with Gasteiger partial charge in [-0.25, -0.2) is 4.79 Å². The van der Waals surface area contributed by atoms with E-state index in [1.54, 1.807) is 21.6 Å². The number of esters is 1. The Labute approximate surface area is 161 Å². The van der Waals surface area contributed by atoms with Crippen molar-refractivity contribution in [1.82, 2.24) is 5.32 Å². The van der Waals surface area contributed by atoms with E-state index < -0.39 is 12.0 Å². The van der Waals surface area contributed by atoms with Crippen LogP contribution >= 0.6 is 21.6 Å². The lowest BCUT2D eigenvalue weighted by atomic mass is 10.1. The Bertz CT molecular complexity index is 378. The first kappa shape index (κ1) is 24.4. The highest BCUT2D eigenvalue weighted by Gasteiger charge is 2.20. The van der Waals surface area contributed by atoms with Crippen LogP contribution in [0.4, 0.5) is 0 Å². The van der Waals surface area contributed by atoms with E-state index in [-0.39, 0.29) is 5.91 Å². The fourth-order valence-corrected chi connectivity index (χ4v) is 5.08. The first-order valence-electron chi connectivity index (χ1n) is 9.30. The molecule has 0 aromatic heterocycles. The van der Waals surface area contributed by atoms with Crippen molar-refractivity contribution in [1.29, 1.82) is 0 Å². The maximum Gasteiger partial charge on any atom is 0.329 e. The topological polar surface area (TPSA) is 55.4 Å². The lowest BCUT2D eigenvalue weighted by Crippen LogP contribution is -2.42. The van der Waals surface area contributed by atoms with Gasteiger partial charge in [0.1, 0.15) is 6.04 Å². The van der Waals surface area contributed by atoms with Crippen molar-refractivity contribution >= 4 is 33.5 Å². The Balaban J connectivity index is 3.87. The van der Waals surface area contributed by atoms with Crippen LogP contribution in [0.2, 0.25) is 0 Å². The predicted molar refractivity (Wildman–Crippen MR) is 111 cm³/mol. The fourth-order valence-electron chi connectivity index (χ4n) is 2.44. The van der Waals surface area contributed by atoms with Crippen LogP contribution in [0.15, 0.2) is 12.7 Å². The largest absolute Gasteiger partial charge is 0.467 e. The van der Waals surface area contributed by atoms with Gasteiger partial charge in [0.25, 0.3) is 0 Å². The highest BCUT2D eigenvalue weighted by atomic mass is 33.1. The number of hydrogen-bond acceptors (Lipinski definition) is 5. The Morgan fingerprint density at radius 2 is 1.72 bits per heavy atom. The minimum atomic E-state index is -0.589. The molecule has 0 bridgehead atoms. The van der Waals surface area contributed by atoms with Crippen molar-refractivity contribution in [2.24, 2.45) is 0 Å². The molecule has 4 nitrogen and oxygen atoms in total. The van der Waals surface area contributed by atoms with Crippen molar-refractivity contribution in [3.05, 3.63) is 12.7 Å². The van der Waals surface area contributed by atoms with Gasteiger partial charge in [-0.15, -0.1) is 6.58 Å². The molecule has 0 aliphatic rings. The highest BCUT2D eigenvalue weighted by Crippen LogP contribution is 2.31. The average molecular weight is 390 g/mol. The summed E-state index contributed by atoms with van der Waals surface area (Å²) in [5.74, 6) is -0.125. The van der Waals surface area contributed by atoms with E-state index in [0.717, 1.165) is 6.42 Å². The smallest absolute Gasteiger partial charge is 0.329 e. The van der Waals surface area contributed by atoms with E-state index in [4.69, 9.17) is 4.74 Å². The number of amides is 1. The Kier molecular flexibility index (Phi) is 16.4. The number of rotatable bonds is 16. The number of unbranched alkanes of at least 4 members (excludes halogenated alkanes) is 7. The van der Waals surface area contributed by atoms with Gasteiger partial charge in [-0.1, -0.05) is 86.0 Å². The standard InChI is InChI=1S/C19H35NO3S2/c1-5-7-8-9-10-11-12-13-14-17(6-2)25-24-15-18(19(22)23-4)20-16(3)21/h6,17-18H,2,5,7-15H2,1,3-4H3,(H,20,21)/t17?,18-/m0/s1. The lowest BCUT2D eigenvalue weighted by molar-refractivity contribution is -0.144. The van der Waals surface area contributed by atoms with Gasteiger partial charge in [-0.3, -0.25) is 4.79 Å². The molecule has 0 spiro atoms.